The molecule has 0 aromatic heterocycles. The number of rotatable bonds is 4. The van der Waals surface area contributed by atoms with E-state index < -0.39 is 29.4 Å². The van der Waals surface area contributed by atoms with Gasteiger partial charge in [0, 0.05) is 0 Å². The first-order valence-corrected chi connectivity index (χ1v) is 6.29. The quantitative estimate of drug-likeness (QED) is 0.683. The highest BCUT2D eigenvalue weighted by molar-refractivity contribution is 8.18. The zero-order valence-electron chi connectivity index (χ0n) is 10.1. The first-order valence-electron chi connectivity index (χ1n) is 5.48. The van der Waals surface area contributed by atoms with E-state index in [1.54, 1.807) is 0 Å². The Bertz CT molecular complexity index is 618. The molecule has 0 atom stereocenters. The van der Waals surface area contributed by atoms with Crippen molar-refractivity contribution in [2.45, 2.75) is 12.5 Å². The Morgan fingerprint density at radius 3 is 2.57 bits per heavy atom. The number of ether oxygens (including phenoxy) is 1. The topological polar surface area (TPSA) is 55.4 Å². The first-order chi connectivity index (χ1) is 9.78. The number of carbonyl (C=O) groups excluding carboxylic acids is 2. The van der Waals surface area contributed by atoms with Crippen LogP contribution in [0.25, 0.3) is 6.08 Å². The zero-order chi connectivity index (χ0) is 15.6. The van der Waals surface area contributed by atoms with Crippen LogP contribution in [-0.2, 0) is 4.79 Å². The molecule has 2 amide bonds. The third-order valence-corrected chi connectivity index (χ3v) is 3.12. The molecule has 0 unspecified atom stereocenters. The molecule has 0 aliphatic carbocycles. The smallest absolute Gasteiger partial charge is 0.428 e. The number of hydrogen-bond donors (Lipinski definition) is 1. The third kappa shape index (κ3) is 3.75. The predicted octanol–water partition coefficient (Wildman–Crippen LogP) is 3.25. The minimum atomic E-state index is -4.61. The molecule has 0 saturated carbocycles. The van der Waals surface area contributed by atoms with Crippen molar-refractivity contribution in [1.29, 1.82) is 0 Å². The molecule has 112 valence electrons. The average Bonchev–Trinajstić information content (AvgIpc) is 2.67. The SMILES string of the molecule is O=C1NC(=O)/C(=C\c2cccc(OC(F)(F)C(F)F)c2)S1. The second-order valence-corrected chi connectivity index (χ2v) is 4.90. The zero-order valence-corrected chi connectivity index (χ0v) is 10.9. The lowest BCUT2D eigenvalue weighted by Gasteiger charge is -2.16. The summed E-state index contributed by atoms with van der Waals surface area (Å²) in [5.41, 5.74) is 0.255. The van der Waals surface area contributed by atoms with E-state index in [9.17, 15) is 27.2 Å². The van der Waals surface area contributed by atoms with Crippen LogP contribution < -0.4 is 10.1 Å². The summed E-state index contributed by atoms with van der Waals surface area (Å²) < 4.78 is 53.6. The van der Waals surface area contributed by atoms with Gasteiger partial charge in [-0.15, -0.1) is 0 Å². The fourth-order valence-corrected chi connectivity index (χ4v) is 2.12. The van der Waals surface area contributed by atoms with Gasteiger partial charge in [0.2, 0.25) is 0 Å². The lowest BCUT2D eigenvalue weighted by Crippen LogP contribution is -2.33. The van der Waals surface area contributed by atoms with Crippen molar-refractivity contribution in [1.82, 2.24) is 5.32 Å². The molecule has 0 spiro atoms. The Hall–Kier alpha value is -2.03. The molecule has 1 aromatic carbocycles. The standard InChI is InChI=1S/C12H7F4NO3S/c13-10(14)12(15,16)20-7-3-1-2-6(4-7)5-8-9(18)17-11(19)21-8/h1-5,10H,(H,17,18,19)/b8-5+. The van der Waals surface area contributed by atoms with E-state index in [0.717, 1.165) is 12.1 Å². The fourth-order valence-electron chi connectivity index (χ4n) is 1.44. The van der Waals surface area contributed by atoms with E-state index in [4.69, 9.17) is 0 Å². The van der Waals surface area contributed by atoms with Crippen LogP contribution in [0.5, 0.6) is 5.75 Å². The molecular formula is C12H7F4NO3S. The van der Waals surface area contributed by atoms with Gasteiger partial charge in [0.25, 0.3) is 11.1 Å². The summed E-state index contributed by atoms with van der Waals surface area (Å²) in [6, 6.07) is 4.87. The van der Waals surface area contributed by atoms with E-state index in [0.29, 0.717) is 11.8 Å². The minimum absolute atomic E-state index is 0.0674. The van der Waals surface area contributed by atoms with E-state index in [2.05, 4.69) is 4.74 Å². The van der Waals surface area contributed by atoms with Gasteiger partial charge in [-0.05, 0) is 35.5 Å². The number of carbonyl (C=O) groups is 2. The van der Waals surface area contributed by atoms with E-state index in [-0.39, 0.29) is 10.5 Å². The summed E-state index contributed by atoms with van der Waals surface area (Å²) in [4.78, 5) is 22.4. The van der Waals surface area contributed by atoms with Crippen molar-refractivity contribution >= 4 is 29.0 Å². The summed E-state index contributed by atoms with van der Waals surface area (Å²) >= 11 is 0.645. The Balaban J connectivity index is 2.21. The molecule has 4 nitrogen and oxygen atoms in total. The van der Waals surface area contributed by atoms with Crippen molar-refractivity contribution in [3.05, 3.63) is 34.7 Å². The molecule has 1 aromatic rings. The van der Waals surface area contributed by atoms with Crippen LogP contribution >= 0.6 is 11.8 Å². The van der Waals surface area contributed by atoms with Crippen LogP contribution in [0.3, 0.4) is 0 Å². The number of thioether (sulfide) groups is 1. The molecule has 1 aliphatic rings. The van der Waals surface area contributed by atoms with Gasteiger partial charge in [0.05, 0.1) is 4.91 Å². The second-order valence-electron chi connectivity index (χ2n) is 3.89. The summed E-state index contributed by atoms with van der Waals surface area (Å²) in [5, 5.41) is 1.47. The Morgan fingerprint density at radius 2 is 2.00 bits per heavy atom. The molecule has 2 rings (SSSR count). The molecule has 9 heteroatoms. The van der Waals surface area contributed by atoms with Gasteiger partial charge in [0.1, 0.15) is 5.75 Å². The summed E-state index contributed by atoms with van der Waals surface area (Å²) in [6.45, 7) is 0. The summed E-state index contributed by atoms with van der Waals surface area (Å²) in [5.74, 6) is -1.10. The third-order valence-electron chi connectivity index (χ3n) is 2.31. The largest absolute Gasteiger partial charge is 0.461 e. The van der Waals surface area contributed by atoms with Crippen LogP contribution in [0.15, 0.2) is 29.2 Å². The van der Waals surface area contributed by atoms with Crippen molar-refractivity contribution in [3.63, 3.8) is 0 Å². The highest BCUT2D eigenvalue weighted by Crippen LogP contribution is 2.30. The second kappa shape index (κ2) is 5.76. The summed E-state index contributed by atoms with van der Waals surface area (Å²) in [7, 11) is 0. The average molecular weight is 321 g/mol. The maximum Gasteiger partial charge on any atom is 0.461 e. The molecular weight excluding hydrogens is 314 g/mol. The molecule has 1 N–H and O–H groups in total. The maximum absolute atomic E-state index is 12.8. The van der Waals surface area contributed by atoms with Gasteiger partial charge in [-0.25, -0.2) is 0 Å². The van der Waals surface area contributed by atoms with E-state index in [1.807, 2.05) is 5.32 Å². The molecule has 1 saturated heterocycles. The Kier molecular flexibility index (Phi) is 4.21. The van der Waals surface area contributed by atoms with Gasteiger partial charge < -0.3 is 4.74 Å². The van der Waals surface area contributed by atoms with Crippen LogP contribution in [-0.4, -0.2) is 23.7 Å². The molecule has 21 heavy (non-hydrogen) atoms. The number of imide groups is 1. The monoisotopic (exact) mass is 321 g/mol. The Morgan fingerprint density at radius 1 is 1.29 bits per heavy atom. The molecule has 1 aliphatic heterocycles. The van der Waals surface area contributed by atoms with Crippen LogP contribution in [0.4, 0.5) is 22.4 Å². The Labute approximate surface area is 120 Å². The number of amides is 2. The predicted molar refractivity (Wildman–Crippen MR) is 67.1 cm³/mol. The number of hydrogen-bond acceptors (Lipinski definition) is 4. The molecule has 1 heterocycles. The number of benzene rings is 1. The summed E-state index contributed by atoms with van der Waals surface area (Å²) in [6.07, 6.45) is -7.31. The highest BCUT2D eigenvalue weighted by Gasteiger charge is 2.43. The van der Waals surface area contributed by atoms with Crippen molar-refractivity contribution in [3.8, 4) is 5.75 Å². The van der Waals surface area contributed by atoms with Crippen LogP contribution in [0.2, 0.25) is 0 Å². The molecule has 0 bridgehead atoms. The lowest BCUT2D eigenvalue weighted by atomic mass is 10.2. The molecule has 1 fully saturated rings. The van der Waals surface area contributed by atoms with Gasteiger partial charge in [-0.1, -0.05) is 12.1 Å². The maximum atomic E-state index is 12.8. The minimum Gasteiger partial charge on any atom is -0.428 e. The highest BCUT2D eigenvalue weighted by atomic mass is 32.2. The number of halogens is 4. The van der Waals surface area contributed by atoms with Crippen LogP contribution in [0, 0.1) is 0 Å². The van der Waals surface area contributed by atoms with Crippen molar-refractivity contribution in [2.75, 3.05) is 0 Å². The van der Waals surface area contributed by atoms with Crippen molar-refractivity contribution in [2.24, 2.45) is 0 Å². The fraction of sp³-hybridized carbons (Fsp3) is 0.167. The van der Waals surface area contributed by atoms with Crippen molar-refractivity contribution < 1.29 is 31.9 Å². The van der Waals surface area contributed by atoms with Crippen LogP contribution in [0.1, 0.15) is 5.56 Å². The number of alkyl halides is 4. The first kappa shape index (κ1) is 15.4. The normalized spacial score (nSPS) is 17.5. The lowest BCUT2D eigenvalue weighted by molar-refractivity contribution is -0.253. The van der Waals surface area contributed by atoms with Gasteiger partial charge in [0.15, 0.2) is 0 Å². The van der Waals surface area contributed by atoms with Gasteiger partial charge in [-0.2, -0.15) is 17.6 Å². The van der Waals surface area contributed by atoms with Gasteiger partial charge >= 0.3 is 12.5 Å². The van der Waals surface area contributed by atoms with E-state index in [1.165, 1.54) is 18.2 Å². The van der Waals surface area contributed by atoms with E-state index >= 15 is 0 Å². The van der Waals surface area contributed by atoms with Gasteiger partial charge in [-0.3, -0.25) is 14.9 Å². The number of nitrogens with one attached hydrogen (secondary N) is 1. The molecule has 0 radical (unpaired) electrons.